The Hall–Kier alpha value is -2.94. The average Bonchev–Trinajstić information content (AvgIpc) is 3.62. The van der Waals surface area contributed by atoms with E-state index in [4.69, 9.17) is 4.74 Å². The highest BCUT2D eigenvalue weighted by Crippen LogP contribution is 2.40. The fraction of sp³-hybridized carbons (Fsp3) is 0.655. The van der Waals surface area contributed by atoms with Gasteiger partial charge < -0.3 is 24.8 Å². The van der Waals surface area contributed by atoms with Gasteiger partial charge in [-0.3, -0.25) is 19.2 Å². The summed E-state index contributed by atoms with van der Waals surface area (Å²) in [5.74, 6) is -0.634. The number of benzene rings is 1. The van der Waals surface area contributed by atoms with E-state index in [0.717, 1.165) is 25.2 Å². The molecule has 1 saturated carbocycles. The second kappa shape index (κ2) is 10.7. The van der Waals surface area contributed by atoms with Gasteiger partial charge in [0.05, 0.1) is 12.6 Å². The minimum absolute atomic E-state index is 0.00757. The molecule has 3 aliphatic heterocycles. The molecule has 1 aliphatic carbocycles. The number of ketones is 1. The van der Waals surface area contributed by atoms with Crippen molar-refractivity contribution in [1.29, 1.82) is 0 Å². The third-order valence-corrected chi connectivity index (χ3v) is 8.82. The van der Waals surface area contributed by atoms with Crippen LogP contribution in [-0.4, -0.2) is 90.3 Å². The van der Waals surface area contributed by atoms with Gasteiger partial charge in [0.1, 0.15) is 17.7 Å². The molecule has 0 spiro atoms. The molecule has 0 radical (unpaired) electrons. The summed E-state index contributed by atoms with van der Waals surface area (Å²) in [5.41, 5.74) is 0.784. The minimum atomic E-state index is -0.828. The molecule has 206 valence electrons. The quantitative estimate of drug-likeness (QED) is 0.561. The average molecular weight is 525 g/mol. The van der Waals surface area contributed by atoms with Crippen LogP contribution in [0.15, 0.2) is 24.3 Å². The molecule has 0 bridgehead atoms. The van der Waals surface area contributed by atoms with Crippen LogP contribution in [0, 0.1) is 5.92 Å². The first-order chi connectivity index (χ1) is 18.2. The molecule has 9 nitrogen and oxygen atoms in total. The van der Waals surface area contributed by atoms with Crippen LogP contribution in [0.25, 0.3) is 0 Å². The predicted octanol–water partition coefficient (Wildman–Crippen LogP) is 2.38. The molecule has 5 rings (SSSR count). The second-order valence-corrected chi connectivity index (χ2v) is 11.7. The number of fused-ring (bicyclic) bond motifs is 1. The number of methoxy groups -OCH3 is 1. The highest BCUT2D eigenvalue weighted by atomic mass is 16.5. The van der Waals surface area contributed by atoms with E-state index in [1.807, 2.05) is 38.1 Å². The Morgan fingerprint density at radius 1 is 1.03 bits per heavy atom. The first-order valence-electron chi connectivity index (χ1n) is 14.1. The van der Waals surface area contributed by atoms with Gasteiger partial charge in [-0.25, -0.2) is 0 Å². The molecule has 4 fully saturated rings. The lowest BCUT2D eigenvalue weighted by Gasteiger charge is -2.42. The van der Waals surface area contributed by atoms with Gasteiger partial charge in [-0.1, -0.05) is 13.8 Å². The van der Waals surface area contributed by atoms with Gasteiger partial charge in [0.25, 0.3) is 11.8 Å². The third kappa shape index (κ3) is 4.81. The first-order valence-corrected chi connectivity index (χ1v) is 14.1. The molecule has 9 heteroatoms. The van der Waals surface area contributed by atoms with Crippen LogP contribution in [0.4, 0.5) is 5.69 Å². The number of rotatable bonds is 8. The van der Waals surface area contributed by atoms with Crippen molar-refractivity contribution < 1.29 is 23.9 Å². The van der Waals surface area contributed by atoms with Crippen LogP contribution < -0.4 is 10.2 Å². The van der Waals surface area contributed by atoms with Gasteiger partial charge in [0, 0.05) is 38.0 Å². The van der Waals surface area contributed by atoms with E-state index in [-0.39, 0.29) is 42.0 Å². The monoisotopic (exact) mass is 524 g/mol. The lowest BCUT2D eigenvalue weighted by Crippen LogP contribution is -2.56. The van der Waals surface area contributed by atoms with Crippen molar-refractivity contribution in [2.45, 2.75) is 82.5 Å². The lowest BCUT2D eigenvalue weighted by molar-refractivity contribution is -0.167. The van der Waals surface area contributed by atoms with Crippen LogP contribution >= 0.6 is 0 Å². The van der Waals surface area contributed by atoms with E-state index in [2.05, 4.69) is 10.2 Å². The van der Waals surface area contributed by atoms with Crippen molar-refractivity contribution in [3.63, 3.8) is 0 Å². The maximum Gasteiger partial charge on any atom is 0.255 e. The molecular formula is C29H40N4O5. The molecule has 1 N–H and O–H groups in total. The Bertz CT molecular complexity index is 1070. The topological polar surface area (TPSA) is 99.3 Å². The van der Waals surface area contributed by atoms with Crippen LogP contribution in [0.1, 0.15) is 69.2 Å². The lowest BCUT2D eigenvalue weighted by atomic mass is 9.78. The molecule has 1 aromatic carbocycles. The standard InChI is InChI=1S/C29H40N4O5/c1-19(2)17-22(30-26(35)20-7-9-21(10-8-20)31-14-4-5-15-31)27(36)32-16-11-23-25(32)24(34)18-33(23)28(37)29(38-3)12-6-13-29/h7-10,19,22-23,25H,4-6,11-18H2,1-3H3,(H,30,35). The van der Waals surface area contributed by atoms with Gasteiger partial charge in [0.2, 0.25) is 5.91 Å². The maximum absolute atomic E-state index is 13.8. The smallest absolute Gasteiger partial charge is 0.255 e. The Balaban J connectivity index is 1.28. The fourth-order valence-corrected chi connectivity index (χ4v) is 6.54. The van der Waals surface area contributed by atoms with Gasteiger partial charge in [-0.2, -0.15) is 0 Å². The van der Waals surface area contributed by atoms with Crippen LogP contribution in [0.2, 0.25) is 0 Å². The highest BCUT2D eigenvalue weighted by Gasteiger charge is 2.56. The third-order valence-electron chi connectivity index (χ3n) is 8.82. The first kappa shape index (κ1) is 26.7. The summed E-state index contributed by atoms with van der Waals surface area (Å²) in [5, 5.41) is 2.96. The van der Waals surface area contributed by atoms with E-state index in [1.165, 1.54) is 12.8 Å². The summed E-state index contributed by atoms with van der Waals surface area (Å²) in [6.45, 7) is 6.47. The van der Waals surface area contributed by atoms with Crippen molar-refractivity contribution in [2.75, 3.05) is 38.2 Å². The normalized spacial score (nSPS) is 24.9. The van der Waals surface area contributed by atoms with Gasteiger partial charge >= 0.3 is 0 Å². The zero-order valence-corrected chi connectivity index (χ0v) is 22.8. The van der Waals surface area contributed by atoms with Crippen molar-refractivity contribution in [2.24, 2.45) is 5.92 Å². The summed E-state index contributed by atoms with van der Waals surface area (Å²) >= 11 is 0. The molecule has 1 aromatic rings. The minimum Gasteiger partial charge on any atom is -0.372 e. The number of amides is 3. The maximum atomic E-state index is 13.8. The number of anilines is 1. The Labute approximate surface area is 224 Å². The van der Waals surface area contributed by atoms with E-state index in [1.54, 1.807) is 16.9 Å². The van der Waals surface area contributed by atoms with Gasteiger partial charge in [0.15, 0.2) is 5.78 Å². The molecule has 3 saturated heterocycles. The Morgan fingerprint density at radius 2 is 1.71 bits per heavy atom. The van der Waals surface area contributed by atoms with Crippen LogP contribution in [0.5, 0.6) is 0 Å². The largest absolute Gasteiger partial charge is 0.372 e. The van der Waals surface area contributed by atoms with Gasteiger partial charge in [-0.15, -0.1) is 0 Å². The van der Waals surface area contributed by atoms with E-state index in [0.29, 0.717) is 37.8 Å². The zero-order chi connectivity index (χ0) is 27.0. The summed E-state index contributed by atoms with van der Waals surface area (Å²) in [7, 11) is 1.55. The fourth-order valence-electron chi connectivity index (χ4n) is 6.54. The van der Waals surface area contributed by atoms with Crippen molar-refractivity contribution in [3.8, 4) is 0 Å². The molecule has 4 aliphatic rings. The number of carbonyl (C=O) groups excluding carboxylic acids is 4. The summed E-state index contributed by atoms with van der Waals surface area (Å²) < 4.78 is 5.58. The number of Topliss-reactive ketones (excluding diaryl/α,β-unsaturated/α-hetero) is 1. The molecule has 3 amide bonds. The molecule has 3 atom stereocenters. The van der Waals surface area contributed by atoms with Crippen molar-refractivity contribution >= 4 is 29.2 Å². The number of carbonyl (C=O) groups is 4. The molecule has 0 aromatic heterocycles. The Kier molecular flexibility index (Phi) is 7.49. The van der Waals surface area contributed by atoms with E-state index >= 15 is 0 Å². The van der Waals surface area contributed by atoms with E-state index < -0.39 is 17.7 Å². The van der Waals surface area contributed by atoms with Crippen molar-refractivity contribution in [1.82, 2.24) is 15.1 Å². The molecular weight excluding hydrogens is 484 g/mol. The zero-order valence-electron chi connectivity index (χ0n) is 22.8. The summed E-state index contributed by atoms with van der Waals surface area (Å²) in [6.07, 6.45) is 5.63. The number of nitrogens with zero attached hydrogens (tertiary/aromatic N) is 3. The van der Waals surface area contributed by atoms with Gasteiger partial charge in [-0.05, 0) is 75.1 Å². The number of ether oxygens (including phenoxy) is 1. The number of likely N-dealkylation sites (tertiary alicyclic amines) is 2. The number of nitrogens with one attached hydrogen (secondary N) is 1. The second-order valence-electron chi connectivity index (χ2n) is 11.7. The summed E-state index contributed by atoms with van der Waals surface area (Å²) in [4.78, 5) is 58.9. The molecule has 38 heavy (non-hydrogen) atoms. The molecule has 3 unspecified atom stereocenters. The van der Waals surface area contributed by atoms with Crippen LogP contribution in [0.3, 0.4) is 0 Å². The molecule has 3 heterocycles. The Morgan fingerprint density at radius 3 is 2.29 bits per heavy atom. The van der Waals surface area contributed by atoms with E-state index in [9.17, 15) is 19.2 Å². The summed E-state index contributed by atoms with van der Waals surface area (Å²) in [6, 6.07) is 5.80. The van der Waals surface area contributed by atoms with Crippen molar-refractivity contribution in [3.05, 3.63) is 29.8 Å². The highest BCUT2D eigenvalue weighted by molar-refractivity contribution is 6.01. The number of hydrogen-bond acceptors (Lipinski definition) is 6. The number of hydrogen-bond donors (Lipinski definition) is 1. The SMILES string of the molecule is COC1(C(=O)N2CC(=O)C3C2CCN3C(=O)C(CC(C)C)NC(=O)c2ccc(N3CCCC3)cc2)CCC1. The predicted molar refractivity (Wildman–Crippen MR) is 143 cm³/mol. The van der Waals surface area contributed by atoms with Crippen LogP contribution in [-0.2, 0) is 19.1 Å².